The van der Waals surface area contributed by atoms with E-state index in [1.165, 1.54) is 31.5 Å². The molecule has 0 bridgehead atoms. The molecule has 1 aromatic rings. The highest BCUT2D eigenvalue weighted by molar-refractivity contribution is 5.54. The molecule has 1 aliphatic heterocycles. The van der Waals surface area contributed by atoms with Gasteiger partial charge < -0.3 is 15.4 Å². The van der Waals surface area contributed by atoms with E-state index in [2.05, 4.69) is 24.8 Å². The van der Waals surface area contributed by atoms with Crippen LogP contribution in [0.25, 0.3) is 0 Å². The van der Waals surface area contributed by atoms with Gasteiger partial charge in [-0.25, -0.2) is 0 Å². The number of nitrogens with zero attached hydrogens (tertiary/aromatic N) is 1. The van der Waals surface area contributed by atoms with Crippen molar-refractivity contribution < 1.29 is 4.74 Å². The second kappa shape index (κ2) is 6.29. The van der Waals surface area contributed by atoms with Crippen LogP contribution in [0.2, 0.25) is 0 Å². The first kappa shape index (κ1) is 14.2. The summed E-state index contributed by atoms with van der Waals surface area (Å²) in [4.78, 5) is 2.61. The Hall–Kier alpha value is -1.22. The number of likely N-dealkylation sites (tertiary alicyclic amines) is 1. The van der Waals surface area contributed by atoms with E-state index in [-0.39, 0.29) is 0 Å². The number of hydrogen-bond acceptors (Lipinski definition) is 3. The number of nitrogen functional groups attached to an aromatic ring is 1. The molecule has 1 heterocycles. The second-order valence-corrected chi connectivity index (χ2v) is 5.87. The van der Waals surface area contributed by atoms with Gasteiger partial charge in [-0.05, 0) is 56.3 Å². The van der Waals surface area contributed by atoms with Gasteiger partial charge >= 0.3 is 0 Å². The number of nitrogens with two attached hydrogens (primary N) is 1. The second-order valence-electron chi connectivity index (χ2n) is 5.87. The fourth-order valence-corrected chi connectivity index (χ4v) is 3.01. The molecule has 0 amide bonds. The number of hydrogen-bond donors (Lipinski definition) is 1. The SMILES string of the molecule is COc1ccc(CC(C)N2CCCC(C)C2)cc1N. The van der Waals surface area contributed by atoms with Crippen molar-refractivity contribution in [2.75, 3.05) is 25.9 Å². The van der Waals surface area contributed by atoms with Crippen LogP contribution in [0, 0.1) is 5.92 Å². The summed E-state index contributed by atoms with van der Waals surface area (Å²) in [6, 6.07) is 6.72. The third kappa shape index (κ3) is 3.63. The van der Waals surface area contributed by atoms with Crippen LogP contribution >= 0.6 is 0 Å². The minimum absolute atomic E-state index is 0.579. The Morgan fingerprint density at radius 1 is 1.47 bits per heavy atom. The van der Waals surface area contributed by atoms with Crippen molar-refractivity contribution in [1.82, 2.24) is 4.90 Å². The monoisotopic (exact) mass is 262 g/mol. The van der Waals surface area contributed by atoms with Gasteiger partial charge in [-0.1, -0.05) is 13.0 Å². The van der Waals surface area contributed by atoms with Gasteiger partial charge in [-0.3, -0.25) is 0 Å². The maximum atomic E-state index is 5.97. The Balaban J connectivity index is 1.98. The first-order valence-corrected chi connectivity index (χ1v) is 7.26. The Morgan fingerprint density at radius 3 is 2.89 bits per heavy atom. The van der Waals surface area contributed by atoms with E-state index in [0.717, 1.165) is 23.8 Å². The fourth-order valence-electron chi connectivity index (χ4n) is 3.01. The summed E-state index contributed by atoms with van der Waals surface area (Å²) in [7, 11) is 1.66. The van der Waals surface area contributed by atoms with Crippen molar-refractivity contribution in [2.45, 2.75) is 39.2 Å². The van der Waals surface area contributed by atoms with Crippen LogP contribution in [-0.4, -0.2) is 31.1 Å². The van der Waals surface area contributed by atoms with Crippen LogP contribution in [0.1, 0.15) is 32.3 Å². The van der Waals surface area contributed by atoms with Gasteiger partial charge in [0.25, 0.3) is 0 Å². The third-order valence-corrected chi connectivity index (χ3v) is 4.14. The van der Waals surface area contributed by atoms with Crippen molar-refractivity contribution in [2.24, 2.45) is 5.92 Å². The van der Waals surface area contributed by atoms with Crippen molar-refractivity contribution in [1.29, 1.82) is 0 Å². The van der Waals surface area contributed by atoms with Gasteiger partial charge in [-0.15, -0.1) is 0 Å². The lowest BCUT2D eigenvalue weighted by atomic mass is 9.97. The summed E-state index contributed by atoms with van der Waals surface area (Å²) in [5.41, 5.74) is 8.00. The number of anilines is 1. The zero-order valence-electron chi connectivity index (χ0n) is 12.4. The molecule has 106 valence electrons. The molecule has 3 nitrogen and oxygen atoms in total. The molecule has 0 radical (unpaired) electrons. The largest absolute Gasteiger partial charge is 0.495 e. The number of rotatable bonds is 4. The summed E-state index contributed by atoms with van der Waals surface area (Å²) in [5.74, 6) is 1.60. The molecule has 2 unspecified atom stereocenters. The predicted octanol–water partition coefficient (Wildman–Crippen LogP) is 2.94. The van der Waals surface area contributed by atoms with E-state index in [4.69, 9.17) is 10.5 Å². The lowest BCUT2D eigenvalue weighted by Crippen LogP contribution is -2.41. The van der Waals surface area contributed by atoms with Crippen LogP contribution < -0.4 is 10.5 Å². The molecule has 0 aliphatic carbocycles. The number of ether oxygens (including phenoxy) is 1. The molecular formula is C16H26N2O. The van der Waals surface area contributed by atoms with E-state index >= 15 is 0 Å². The Labute approximate surface area is 116 Å². The molecule has 2 atom stereocenters. The van der Waals surface area contributed by atoms with Crippen LogP contribution in [0.3, 0.4) is 0 Å². The number of methoxy groups -OCH3 is 1. The maximum Gasteiger partial charge on any atom is 0.141 e. The van der Waals surface area contributed by atoms with Gasteiger partial charge in [0.2, 0.25) is 0 Å². The van der Waals surface area contributed by atoms with Crippen molar-refractivity contribution in [3.63, 3.8) is 0 Å². The predicted molar refractivity (Wildman–Crippen MR) is 80.5 cm³/mol. The zero-order chi connectivity index (χ0) is 13.8. The van der Waals surface area contributed by atoms with E-state index in [9.17, 15) is 0 Å². The average molecular weight is 262 g/mol. The minimum atomic E-state index is 0.579. The van der Waals surface area contributed by atoms with Crippen LogP contribution in [0.4, 0.5) is 5.69 Å². The summed E-state index contributed by atoms with van der Waals surface area (Å²) >= 11 is 0. The maximum absolute atomic E-state index is 5.97. The Bertz CT molecular complexity index is 419. The van der Waals surface area contributed by atoms with E-state index in [1.807, 2.05) is 12.1 Å². The first-order chi connectivity index (χ1) is 9.10. The Kier molecular flexibility index (Phi) is 4.70. The molecule has 2 rings (SSSR count). The highest BCUT2D eigenvalue weighted by Gasteiger charge is 2.21. The van der Waals surface area contributed by atoms with Gasteiger partial charge in [0.1, 0.15) is 5.75 Å². The fraction of sp³-hybridized carbons (Fsp3) is 0.625. The summed E-state index contributed by atoms with van der Waals surface area (Å²) in [6.45, 7) is 7.13. The topological polar surface area (TPSA) is 38.5 Å². The molecule has 1 aromatic carbocycles. The number of piperidine rings is 1. The average Bonchev–Trinajstić information content (AvgIpc) is 2.39. The minimum Gasteiger partial charge on any atom is -0.495 e. The van der Waals surface area contributed by atoms with Crippen LogP contribution in [0.15, 0.2) is 18.2 Å². The van der Waals surface area contributed by atoms with Crippen molar-refractivity contribution in [3.05, 3.63) is 23.8 Å². The Morgan fingerprint density at radius 2 is 2.26 bits per heavy atom. The molecule has 0 spiro atoms. The lowest BCUT2D eigenvalue weighted by molar-refractivity contribution is 0.138. The van der Waals surface area contributed by atoms with Gasteiger partial charge in [0, 0.05) is 12.6 Å². The summed E-state index contributed by atoms with van der Waals surface area (Å²) < 4.78 is 5.20. The molecule has 3 heteroatoms. The molecule has 19 heavy (non-hydrogen) atoms. The lowest BCUT2D eigenvalue weighted by Gasteiger charge is -2.35. The standard InChI is InChI=1S/C16H26N2O/c1-12-5-4-8-18(11-12)13(2)9-14-6-7-16(19-3)15(17)10-14/h6-7,10,12-13H,4-5,8-9,11,17H2,1-3H3. The quantitative estimate of drug-likeness (QED) is 0.848. The van der Waals surface area contributed by atoms with E-state index in [1.54, 1.807) is 7.11 Å². The first-order valence-electron chi connectivity index (χ1n) is 7.26. The zero-order valence-corrected chi connectivity index (χ0v) is 12.4. The highest BCUT2D eigenvalue weighted by Crippen LogP contribution is 2.24. The van der Waals surface area contributed by atoms with Gasteiger partial charge in [0.05, 0.1) is 12.8 Å². The summed E-state index contributed by atoms with van der Waals surface area (Å²) in [6.07, 6.45) is 3.76. The van der Waals surface area contributed by atoms with E-state index < -0.39 is 0 Å². The van der Waals surface area contributed by atoms with Gasteiger partial charge in [-0.2, -0.15) is 0 Å². The molecule has 2 N–H and O–H groups in total. The van der Waals surface area contributed by atoms with Crippen LogP contribution in [-0.2, 0) is 6.42 Å². The van der Waals surface area contributed by atoms with Crippen LogP contribution in [0.5, 0.6) is 5.75 Å². The molecule has 0 saturated carbocycles. The number of benzene rings is 1. The molecule has 1 saturated heterocycles. The van der Waals surface area contributed by atoms with E-state index in [0.29, 0.717) is 6.04 Å². The van der Waals surface area contributed by atoms with Crippen molar-refractivity contribution >= 4 is 5.69 Å². The third-order valence-electron chi connectivity index (χ3n) is 4.14. The molecular weight excluding hydrogens is 236 g/mol. The van der Waals surface area contributed by atoms with Crippen molar-refractivity contribution in [3.8, 4) is 5.75 Å². The molecule has 1 aliphatic rings. The smallest absolute Gasteiger partial charge is 0.141 e. The normalized spacial score (nSPS) is 22.2. The van der Waals surface area contributed by atoms with Gasteiger partial charge in [0.15, 0.2) is 0 Å². The molecule has 1 fully saturated rings. The summed E-state index contributed by atoms with van der Waals surface area (Å²) in [5, 5.41) is 0. The molecule has 0 aromatic heterocycles. The highest BCUT2D eigenvalue weighted by atomic mass is 16.5.